The Hall–Kier alpha value is -2.24. The second-order valence-electron chi connectivity index (χ2n) is 9.80. The molecule has 0 aliphatic rings. The lowest BCUT2D eigenvalue weighted by molar-refractivity contribution is 0.0892. The number of aryl methyl sites for hydroxylation is 1. The van der Waals surface area contributed by atoms with Crippen molar-refractivity contribution in [2.45, 2.75) is 117 Å². The van der Waals surface area contributed by atoms with Crippen LogP contribution in [0.25, 0.3) is 0 Å². The molecule has 184 valence electrons. The Morgan fingerprint density at radius 3 is 1.97 bits per heavy atom. The number of nitrogens with one attached hydrogen (secondary N) is 1. The lowest BCUT2D eigenvalue weighted by atomic mass is 9.92. The van der Waals surface area contributed by atoms with Crippen LogP contribution in [0.3, 0.4) is 0 Å². The predicted octanol–water partition coefficient (Wildman–Crippen LogP) is 7.14. The zero-order valence-electron chi connectivity index (χ0n) is 21.6. The molecule has 2 rings (SSSR count). The second kappa shape index (κ2) is 14.8. The van der Waals surface area contributed by atoms with E-state index in [1.807, 2.05) is 0 Å². The molecular formula is C27H45N5O. The van der Waals surface area contributed by atoms with Crippen molar-refractivity contribution in [1.29, 1.82) is 0 Å². The van der Waals surface area contributed by atoms with Gasteiger partial charge in [-0.25, -0.2) is 0 Å². The molecule has 1 aromatic heterocycles. The SMILES string of the molecule is CCCCCCCCCCCCc1nnn(C(=O)CNc2c(C(C)C)cccc2C(C)C)n1. The number of nitrogens with zero attached hydrogens (tertiary/aromatic N) is 4. The number of hydrogen-bond acceptors (Lipinski definition) is 5. The maximum absolute atomic E-state index is 12.7. The number of anilines is 1. The maximum Gasteiger partial charge on any atom is 0.285 e. The average molecular weight is 456 g/mol. The number of tetrazole rings is 1. The van der Waals surface area contributed by atoms with E-state index < -0.39 is 0 Å². The van der Waals surface area contributed by atoms with Gasteiger partial charge in [0.1, 0.15) is 0 Å². The van der Waals surface area contributed by atoms with E-state index in [0.717, 1.165) is 23.3 Å². The molecule has 0 saturated heterocycles. The third kappa shape index (κ3) is 9.26. The first-order chi connectivity index (χ1) is 15.9. The van der Waals surface area contributed by atoms with E-state index in [9.17, 15) is 4.79 Å². The summed E-state index contributed by atoms with van der Waals surface area (Å²) in [5.41, 5.74) is 3.51. The smallest absolute Gasteiger partial charge is 0.285 e. The summed E-state index contributed by atoms with van der Waals surface area (Å²) < 4.78 is 0. The zero-order valence-corrected chi connectivity index (χ0v) is 21.6. The van der Waals surface area contributed by atoms with Crippen LogP contribution in [0.1, 0.15) is 132 Å². The summed E-state index contributed by atoms with van der Waals surface area (Å²) in [6.07, 6.45) is 13.7. The monoisotopic (exact) mass is 455 g/mol. The van der Waals surface area contributed by atoms with Crippen molar-refractivity contribution in [3.8, 4) is 0 Å². The highest BCUT2D eigenvalue weighted by atomic mass is 16.2. The van der Waals surface area contributed by atoms with Gasteiger partial charge in [-0.2, -0.15) is 0 Å². The van der Waals surface area contributed by atoms with E-state index >= 15 is 0 Å². The lowest BCUT2D eigenvalue weighted by Crippen LogP contribution is -2.24. The number of aromatic nitrogens is 4. The first-order valence-electron chi connectivity index (χ1n) is 13.1. The molecule has 1 heterocycles. The van der Waals surface area contributed by atoms with E-state index in [4.69, 9.17) is 0 Å². The molecule has 0 aliphatic heterocycles. The van der Waals surface area contributed by atoms with Gasteiger partial charge in [-0.05, 0) is 34.6 Å². The Bertz CT molecular complexity index is 801. The van der Waals surface area contributed by atoms with E-state index in [1.54, 1.807) is 0 Å². The fraction of sp³-hybridized carbons (Fsp3) is 0.704. The van der Waals surface area contributed by atoms with Gasteiger partial charge in [-0.15, -0.1) is 10.2 Å². The van der Waals surface area contributed by atoms with Gasteiger partial charge < -0.3 is 5.32 Å². The number of carbonyl (C=O) groups is 1. The number of hydrogen-bond donors (Lipinski definition) is 1. The molecular weight excluding hydrogens is 410 g/mol. The largest absolute Gasteiger partial charge is 0.376 e. The molecule has 0 aliphatic carbocycles. The van der Waals surface area contributed by atoms with Crippen LogP contribution >= 0.6 is 0 Å². The van der Waals surface area contributed by atoms with Crippen molar-refractivity contribution in [2.24, 2.45) is 0 Å². The minimum atomic E-state index is -0.190. The summed E-state index contributed by atoms with van der Waals surface area (Å²) in [7, 11) is 0. The average Bonchev–Trinajstić information content (AvgIpc) is 3.27. The van der Waals surface area contributed by atoms with Crippen LogP contribution in [0, 0.1) is 0 Å². The van der Waals surface area contributed by atoms with Gasteiger partial charge in [0.05, 0.1) is 6.54 Å². The van der Waals surface area contributed by atoms with Crippen LogP contribution in [-0.2, 0) is 6.42 Å². The van der Waals surface area contributed by atoms with E-state index in [-0.39, 0.29) is 12.5 Å². The van der Waals surface area contributed by atoms with Gasteiger partial charge in [-0.1, -0.05) is 115 Å². The van der Waals surface area contributed by atoms with Crippen molar-refractivity contribution < 1.29 is 4.79 Å². The van der Waals surface area contributed by atoms with E-state index in [2.05, 4.69) is 73.5 Å². The molecule has 1 aromatic carbocycles. The summed E-state index contributed by atoms with van der Waals surface area (Å²) in [6, 6.07) is 6.35. The molecule has 1 N–H and O–H groups in total. The molecule has 6 heteroatoms. The summed E-state index contributed by atoms with van der Waals surface area (Å²) >= 11 is 0. The maximum atomic E-state index is 12.7. The summed E-state index contributed by atoms with van der Waals surface area (Å²) in [6.45, 7) is 11.1. The van der Waals surface area contributed by atoms with Crippen LogP contribution in [0.5, 0.6) is 0 Å². The van der Waals surface area contributed by atoms with Crippen LogP contribution in [0.15, 0.2) is 18.2 Å². The van der Waals surface area contributed by atoms with Crippen molar-refractivity contribution in [3.63, 3.8) is 0 Å². The molecule has 0 saturated carbocycles. The molecule has 0 amide bonds. The van der Waals surface area contributed by atoms with Crippen LogP contribution in [0.4, 0.5) is 5.69 Å². The van der Waals surface area contributed by atoms with E-state index in [1.165, 1.54) is 68.9 Å². The first-order valence-corrected chi connectivity index (χ1v) is 13.1. The molecule has 0 fully saturated rings. The normalized spacial score (nSPS) is 11.5. The molecule has 33 heavy (non-hydrogen) atoms. The standard InChI is InChI=1S/C27H45N5O/c1-6-7-8-9-10-11-12-13-14-15-19-25-29-31-32(30-25)26(33)20-28-27-23(21(2)3)17-16-18-24(27)22(4)5/h16-18,21-22,28H,6-15,19-20H2,1-5H3. The second-order valence-corrected chi connectivity index (χ2v) is 9.80. The third-order valence-corrected chi connectivity index (χ3v) is 6.22. The van der Waals surface area contributed by atoms with Gasteiger partial charge in [0, 0.05) is 12.1 Å². The number of rotatable bonds is 16. The van der Waals surface area contributed by atoms with Gasteiger partial charge in [0.2, 0.25) is 0 Å². The Balaban J connectivity index is 1.75. The lowest BCUT2D eigenvalue weighted by Gasteiger charge is -2.20. The van der Waals surface area contributed by atoms with Crippen molar-refractivity contribution in [1.82, 2.24) is 20.2 Å². The Morgan fingerprint density at radius 2 is 1.42 bits per heavy atom. The number of carbonyl (C=O) groups excluding carboxylic acids is 1. The first kappa shape index (κ1) is 27.0. The third-order valence-electron chi connectivity index (χ3n) is 6.22. The summed E-state index contributed by atoms with van der Waals surface area (Å²) in [5.74, 6) is 1.22. The van der Waals surface area contributed by atoms with Gasteiger partial charge in [0.15, 0.2) is 5.82 Å². The van der Waals surface area contributed by atoms with Gasteiger partial charge in [0.25, 0.3) is 5.91 Å². The summed E-state index contributed by atoms with van der Waals surface area (Å²) in [5, 5.41) is 15.8. The molecule has 0 bridgehead atoms. The zero-order chi connectivity index (χ0) is 24.1. The fourth-order valence-corrected chi connectivity index (χ4v) is 4.21. The molecule has 0 unspecified atom stereocenters. The number of para-hydroxylation sites is 1. The summed E-state index contributed by atoms with van der Waals surface area (Å²) in [4.78, 5) is 13.8. The van der Waals surface area contributed by atoms with Crippen molar-refractivity contribution >= 4 is 11.6 Å². The van der Waals surface area contributed by atoms with Gasteiger partial charge in [-0.3, -0.25) is 4.79 Å². The highest BCUT2D eigenvalue weighted by Gasteiger charge is 2.16. The Labute approximate surface area is 200 Å². The van der Waals surface area contributed by atoms with Gasteiger partial charge >= 0.3 is 0 Å². The minimum Gasteiger partial charge on any atom is -0.376 e. The number of benzene rings is 1. The number of unbranched alkanes of at least 4 members (excludes halogenated alkanes) is 9. The Morgan fingerprint density at radius 1 is 0.879 bits per heavy atom. The van der Waals surface area contributed by atoms with Crippen molar-refractivity contribution in [3.05, 3.63) is 35.2 Å². The molecule has 6 nitrogen and oxygen atoms in total. The fourth-order valence-electron chi connectivity index (χ4n) is 4.21. The molecule has 0 atom stereocenters. The van der Waals surface area contributed by atoms with Crippen LogP contribution in [-0.4, -0.2) is 32.7 Å². The van der Waals surface area contributed by atoms with Crippen molar-refractivity contribution in [2.75, 3.05) is 11.9 Å². The highest BCUT2D eigenvalue weighted by Crippen LogP contribution is 2.32. The van der Waals surface area contributed by atoms with E-state index in [0.29, 0.717) is 17.7 Å². The molecule has 0 spiro atoms. The molecule has 0 radical (unpaired) electrons. The Kier molecular flexibility index (Phi) is 12.1. The minimum absolute atomic E-state index is 0.150. The predicted molar refractivity (Wildman–Crippen MR) is 137 cm³/mol. The van der Waals surface area contributed by atoms with Crippen LogP contribution in [0.2, 0.25) is 0 Å². The van der Waals surface area contributed by atoms with Crippen LogP contribution < -0.4 is 5.32 Å². The quantitative estimate of drug-likeness (QED) is 0.272. The topological polar surface area (TPSA) is 72.7 Å². The molecule has 2 aromatic rings. The highest BCUT2D eigenvalue weighted by molar-refractivity contribution is 5.82.